The van der Waals surface area contributed by atoms with Gasteiger partial charge in [-0.15, -0.1) is 0 Å². The second-order valence-corrected chi connectivity index (χ2v) is 35.7. The summed E-state index contributed by atoms with van der Waals surface area (Å²) in [5.41, 5.74) is 0. The molecule has 0 spiro atoms. The van der Waals surface area contributed by atoms with Crippen LogP contribution in [0.3, 0.4) is 0 Å². The van der Waals surface area contributed by atoms with Crippen LogP contribution in [0.2, 0.25) is 0 Å². The summed E-state index contributed by atoms with van der Waals surface area (Å²) < 4.78 is 69.0. The molecule has 0 bridgehead atoms. The minimum atomic E-state index is -4.97. The fourth-order valence-electron chi connectivity index (χ4n) is 14.1. The number of unbranched alkanes of at least 4 members (excludes halogenated alkanes) is 57. The van der Waals surface area contributed by atoms with Crippen LogP contribution < -0.4 is 0 Å². The van der Waals surface area contributed by atoms with E-state index >= 15 is 0 Å². The van der Waals surface area contributed by atoms with Gasteiger partial charge in [-0.25, -0.2) is 9.13 Å². The molecule has 0 aromatic rings. The predicted octanol–water partition coefficient (Wildman–Crippen LogP) is 27.8. The van der Waals surface area contributed by atoms with Crippen LogP contribution in [0.25, 0.3) is 0 Å². The molecule has 7 atom stereocenters. The van der Waals surface area contributed by atoms with Crippen LogP contribution in [0.4, 0.5) is 0 Å². The molecule has 0 saturated carbocycles. The number of rotatable bonds is 89. The number of carbonyl (C=O) groups excluding carboxylic acids is 4. The van der Waals surface area contributed by atoms with E-state index in [9.17, 15) is 43.2 Å². The zero-order valence-electron chi connectivity index (χ0n) is 71.9. The van der Waals surface area contributed by atoms with Gasteiger partial charge in [0.2, 0.25) is 0 Å². The topological polar surface area (TPSA) is 237 Å². The first kappa shape index (κ1) is 107. The first-order valence-corrected chi connectivity index (χ1v) is 49.6. The number of aliphatic hydroxyl groups excluding tert-OH is 1. The Balaban J connectivity index is 5.21. The van der Waals surface area contributed by atoms with Crippen LogP contribution in [0.15, 0.2) is 0 Å². The van der Waals surface area contributed by atoms with E-state index in [4.69, 9.17) is 37.0 Å². The lowest BCUT2D eigenvalue weighted by atomic mass is 9.99. The number of carbonyl (C=O) groups is 4. The standard InChI is InChI=1S/C90H176O17P2/c1-7-11-13-15-17-19-21-23-25-26-27-28-29-30-34-38-41-45-49-53-60-66-72-87(92)100-78-85(106-89(94)74-69-63-55-51-47-43-39-35-32-31-33-37-40-44-48-52-58-64-70-82(5)9-3)80-104-108(96,97)102-76-84(91)77-103-109(98,99)105-81-86(79-101-88(93)73-67-61-57-56-59-65-71-83(6)10-4)107-90(95)75-68-62-54-50-46-42-36-24-22-20-18-16-14-12-8-2/h82-86,91H,7-81H2,1-6H3,(H,96,97)(H,98,99)/t82?,83?,84-,85-,86-/m1/s1. The van der Waals surface area contributed by atoms with E-state index in [1.807, 2.05) is 0 Å². The second-order valence-electron chi connectivity index (χ2n) is 32.8. The van der Waals surface area contributed by atoms with Crippen LogP contribution in [-0.4, -0.2) is 96.7 Å². The highest BCUT2D eigenvalue weighted by molar-refractivity contribution is 7.47. The van der Waals surface area contributed by atoms with E-state index < -0.39 is 97.5 Å². The summed E-state index contributed by atoms with van der Waals surface area (Å²) in [6.45, 7) is 9.72. The Bertz CT molecular complexity index is 2080. The number of ether oxygens (including phenoxy) is 4. The first-order chi connectivity index (χ1) is 52.9. The number of phosphoric ester groups is 2. The maximum atomic E-state index is 13.2. The van der Waals surface area contributed by atoms with E-state index in [0.29, 0.717) is 25.7 Å². The summed E-state index contributed by atoms with van der Waals surface area (Å²) in [6, 6.07) is 0. The van der Waals surface area contributed by atoms with E-state index in [1.54, 1.807) is 0 Å². The number of phosphoric acid groups is 2. The molecule has 0 radical (unpaired) electrons. The first-order valence-electron chi connectivity index (χ1n) is 46.6. The van der Waals surface area contributed by atoms with Gasteiger partial charge >= 0.3 is 39.5 Å². The predicted molar refractivity (Wildman–Crippen MR) is 451 cm³/mol. The van der Waals surface area contributed by atoms with Crippen molar-refractivity contribution < 1.29 is 80.2 Å². The maximum Gasteiger partial charge on any atom is 0.472 e. The molecule has 3 N–H and O–H groups in total. The van der Waals surface area contributed by atoms with E-state index in [0.717, 1.165) is 108 Å². The molecule has 0 aliphatic rings. The molecule has 17 nitrogen and oxygen atoms in total. The van der Waals surface area contributed by atoms with Crippen molar-refractivity contribution in [3.8, 4) is 0 Å². The Labute approximate surface area is 670 Å². The average molecular weight is 1590 g/mol. The third-order valence-corrected chi connectivity index (χ3v) is 23.8. The molecule has 0 aromatic heterocycles. The third kappa shape index (κ3) is 81.0. The van der Waals surface area contributed by atoms with Gasteiger partial charge < -0.3 is 33.8 Å². The molecule has 4 unspecified atom stereocenters. The van der Waals surface area contributed by atoms with Crippen LogP contribution in [0.1, 0.15) is 485 Å². The number of esters is 4. The van der Waals surface area contributed by atoms with E-state index in [-0.39, 0.29) is 25.7 Å². The normalized spacial score (nSPS) is 14.2. The second kappa shape index (κ2) is 81.2. The molecule has 0 aliphatic heterocycles. The Morgan fingerprint density at radius 2 is 0.440 bits per heavy atom. The van der Waals surface area contributed by atoms with Gasteiger partial charge in [0.15, 0.2) is 12.2 Å². The highest BCUT2D eigenvalue weighted by Crippen LogP contribution is 2.45. The van der Waals surface area contributed by atoms with Gasteiger partial charge in [-0.2, -0.15) is 0 Å². The van der Waals surface area contributed by atoms with Gasteiger partial charge in [0.05, 0.1) is 26.4 Å². The number of hydrogen-bond acceptors (Lipinski definition) is 15. The fourth-order valence-corrected chi connectivity index (χ4v) is 15.6. The number of aliphatic hydroxyl groups is 1. The lowest BCUT2D eigenvalue weighted by molar-refractivity contribution is -0.161. The lowest BCUT2D eigenvalue weighted by Gasteiger charge is -2.21. The van der Waals surface area contributed by atoms with Crippen molar-refractivity contribution in [1.29, 1.82) is 0 Å². The van der Waals surface area contributed by atoms with Crippen molar-refractivity contribution in [1.82, 2.24) is 0 Å². The van der Waals surface area contributed by atoms with Crippen LogP contribution in [-0.2, 0) is 65.4 Å². The van der Waals surface area contributed by atoms with Crippen LogP contribution in [0.5, 0.6) is 0 Å². The molecule has 0 fully saturated rings. The summed E-state index contributed by atoms with van der Waals surface area (Å²) in [4.78, 5) is 73.3. The van der Waals surface area contributed by atoms with Crippen LogP contribution in [0, 0.1) is 11.8 Å². The van der Waals surface area contributed by atoms with Gasteiger partial charge in [-0.05, 0) is 37.5 Å². The van der Waals surface area contributed by atoms with Gasteiger partial charge in [0, 0.05) is 25.7 Å². The monoisotopic (exact) mass is 1590 g/mol. The summed E-state index contributed by atoms with van der Waals surface area (Å²) in [6.07, 6.45) is 75.2. The fraction of sp³-hybridized carbons (Fsp3) is 0.956. The van der Waals surface area contributed by atoms with Crippen molar-refractivity contribution in [2.45, 2.75) is 503 Å². The molecule has 0 heterocycles. The molecule has 0 amide bonds. The Hall–Kier alpha value is -1.94. The SMILES string of the molecule is CCCCCCCCCCCCCCCCCCCCCCCCC(=O)OC[C@H](COP(=O)(O)OC[C@@H](O)COP(=O)(O)OC[C@@H](COC(=O)CCCCCCCCC(C)CC)OC(=O)CCCCCCCCCCCCCCCCC)OC(=O)CCCCCCCCCCCCCCCCCCCCC(C)CC. The largest absolute Gasteiger partial charge is 0.472 e. The van der Waals surface area contributed by atoms with Crippen LogP contribution >= 0.6 is 15.6 Å². The molecule has 0 saturated heterocycles. The van der Waals surface area contributed by atoms with Gasteiger partial charge in [-0.3, -0.25) is 37.3 Å². The smallest absolute Gasteiger partial charge is 0.462 e. The molecular weight excluding hydrogens is 1410 g/mol. The molecule has 19 heteroatoms. The molecule has 0 aliphatic carbocycles. The Morgan fingerprint density at radius 3 is 0.651 bits per heavy atom. The van der Waals surface area contributed by atoms with Crippen molar-refractivity contribution in [3.63, 3.8) is 0 Å². The minimum Gasteiger partial charge on any atom is -0.462 e. The lowest BCUT2D eigenvalue weighted by Crippen LogP contribution is -2.30. The van der Waals surface area contributed by atoms with E-state index in [1.165, 1.54) is 295 Å². The summed E-state index contributed by atoms with van der Waals surface area (Å²) in [5, 5.41) is 10.7. The molecule has 0 rings (SSSR count). The van der Waals surface area contributed by atoms with Gasteiger partial charge in [-0.1, -0.05) is 433 Å². The summed E-state index contributed by atoms with van der Waals surface area (Å²) in [5.74, 6) is -0.498. The summed E-state index contributed by atoms with van der Waals surface area (Å²) in [7, 11) is -9.93. The van der Waals surface area contributed by atoms with Gasteiger partial charge in [0.1, 0.15) is 19.3 Å². The molecular formula is C90H176O17P2. The van der Waals surface area contributed by atoms with Crippen molar-refractivity contribution >= 4 is 39.5 Å². The highest BCUT2D eigenvalue weighted by Gasteiger charge is 2.31. The maximum absolute atomic E-state index is 13.2. The quantitative estimate of drug-likeness (QED) is 0.0222. The summed E-state index contributed by atoms with van der Waals surface area (Å²) >= 11 is 0. The molecule has 109 heavy (non-hydrogen) atoms. The van der Waals surface area contributed by atoms with Gasteiger partial charge in [0.25, 0.3) is 0 Å². The highest BCUT2D eigenvalue weighted by atomic mass is 31.2. The zero-order valence-corrected chi connectivity index (χ0v) is 73.7. The zero-order chi connectivity index (χ0) is 79.9. The number of hydrogen-bond donors (Lipinski definition) is 3. The van der Waals surface area contributed by atoms with Crippen molar-refractivity contribution in [3.05, 3.63) is 0 Å². The van der Waals surface area contributed by atoms with Crippen molar-refractivity contribution in [2.24, 2.45) is 11.8 Å². The molecule has 0 aromatic carbocycles. The Kier molecular flexibility index (Phi) is 79.8. The molecule has 648 valence electrons. The third-order valence-electron chi connectivity index (χ3n) is 21.9. The Morgan fingerprint density at radius 1 is 0.257 bits per heavy atom. The minimum absolute atomic E-state index is 0.108. The van der Waals surface area contributed by atoms with E-state index in [2.05, 4.69) is 41.5 Å². The average Bonchev–Trinajstić information content (AvgIpc) is 0.907. The van der Waals surface area contributed by atoms with Crippen molar-refractivity contribution in [2.75, 3.05) is 39.6 Å².